The summed E-state index contributed by atoms with van der Waals surface area (Å²) in [5, 5.41) is 7.65. The Kier molecular flexibility index (Phi) is 7.80. The van der Waals surface area contributed by atoms with Crippen LogP contribution in [0.3, 0.4) is 0 Å². The van der Waals surface area contributed by atoms with Crippen LogP contribution in [0.2, 0.25) is 0 Å². The first-order chi connectivity index (χ1) is 15.2. The van der Waals surface area contributed by atoms with Crippen molar-refractivity contribution < 1.29 is 57.1 Å². The first-order valence-electron chi connectivity index (χ1n) is 10.6. The summed E-state index contributed by atoms with van der Waals surface area (Å²) in [6.07, 6.45) is -4.15. The Labute approximate surface area is 186 Å². The van der Waals surface area contributed by atoms with Crippen LogP contribution in [-0.2, 0) is 0 Å². The Morgan fingerprint density at radius 3 is 1.15 bits per heavy atom. The Morgan fingerprint density at radius 2 is 0.824 bits per heavy atom. The van der Waals surface area contributed by atoms with Crippen LogP contribution in [-0.4, -0.2) is 58.6 Å². The van der Waals surface area contributed by atoms with Gasteiger partial charge in [-0.2, -0.15) is 57.1 Å². The van der Waals surface area contributed by atoms with Crippen LogP contribution in [0.25, 0.3) is 0 Å². The van der Waals surface area contributed by atoms with Gasteiger partial charge in [-0.15, -0.1) is 0 Å². The lowest BCUT2D eigenvalue weighted by molar-refractivity contribution is -0.435. The lowest BCUT2D eigenvalue weighted by atomic mass is 9.86. The molecule has 2 nitrogen and oxygen atoms in total. The quantitative estimate of drug-likeness (QED) is 0.206. The van der Waals surface area contributed by atoms with Gasteiger partial charge in [0, 0.05) is 12.1 Å². The summed E-state index contributed by atoms with van der Waals surface area (Å²) >= 11 is 0. The largest absolute Gasteiger partial charge is 0.460 e. The Bertz CT molecular complexity index is 702. The van der Waals surface area contributed by atoms with Crippen LogP contribution in [0.15, 0.2) is 0 Å². The number of nitrogens with zero attached hydrogens (tertiary/aromatic N) is 1. The fourth-order valence-corrected chi connectivity index (χ4v) is 4.46. The van der Waals surface area contributed by atoms with Crippen LogP contribution >= 0.6 is 0 Å². The number of nitrogens with one attached hydrogen (secondary N) is 1. The molecule has 0 bridgehead atoms. The summed E-state index contributed by atoms with van der Waals surface area (Å²) < 4.78 is 176. The molecule has 0 aromatic carbocycles. The molecule has 0 aromatic heterocycles. The number of hydrogen-bond donors (Lipinski definition) is 1. The lowest BCUT2D eigenvalue weighted by Crippen LogP contribution is -2.72. The standard InChI is InChI=1S/C19H23F13N2/c20-14(21,15(22,23)16(24,25)17(26,27)18(28,29)19(30,31)32)13(33)34(11-7-3-1-4-8-11)12-9-5-2-6-10-12/h11-12,33H,1-10H2. The molecule has 0 spiro atoms. The number of amidine groups is 1. The van der Waals surface area contributed by atoms with Crippen molar-refractivity contribution in [2.45, 2.75) is 112 Å². The predicted octanol–water partition coefficient (Wildman–Crippen LogP) is 7.67. The maximum absolute atomic E-state index is 14.7. The van der Waals surface area contributed by atoms with E-state index in [2.05, 4.69) is 0 Å². The molecule has 0 atom stereocenters. The molecule has 1 N–H and O–H groups in total. The van der Waals surface area contributed by atoms with Gasteiger partial charge >= 0.3 is 35.8 Å². The van der Waals surface area contributed by atoms with Gasteiger partial charge in [0.25, 0.3) is 0 Å². The molecular weight excluding hydrogens is 503 g/mol. The summed E-state index contributed by atoms with van der Waals surface area (Å²) in [6, 6.07) is -2.01. The molecule has 0 heterocycles. The van der Waals surface area contributed by atoms with Gasteiger partial charge in [-0.1, -0.05) is 38.5 Å². The predicted molar refractivity (Wildman–Crippen MR) is 94.1 cm³/mol. The molecule has 2 rings (SSSR count). The minimum Gasteiger partial charge on any atom is -0.349 e. The molecule has 0 aliphatic heterocycles. The number of hydrogen-bond acceptors (Lipinski definition) is 1. The smallest absolute Gasteiger partial charge is 0.349 e. The van der Waals surface area contributed by atoms with Crippen molar-refractivity contribution in [2.24, 2.45) is 0 Å². The molecule has 34 heavy (non-hydrogen) atoms. The van der Waals surface area contributed by atoms with Crippen molar-refractivity contribution in [3.63, 3.8) is 0 Å². The summed E-state index contributed by atoms with van der Waals surface area (Å²) in [5.41, 5.74) is 0. The second-order valence-corrected chi connectivity index (χ2v) is 8.71. The topological polar surface area (TPSA) is 27.1 Å². The van der Waals surface area contributed by atoms with E-state index in [-0.39, 0.29) is 25.7 Å². The molecule has 2 aliphatic rings. The Morgan fingerprint density at radius 1 is 0.500 bits per heavy atom. The summed E-state index contributed by atoms with van der Waals surface area (Å²) in [4.78, 5) is 0.461. The SMILES string of the molecule is N=C(N(C1CCCCC1)C1CCCCC1)C(F)(F)C(F)(F)C(F)(F)C(F)(F)C(F)(F)C(F)(F)F. The van der Waals surface area contributed by atoms with E-state index in [0.717, 1.165) is 0 Å². The molecule has 0 amide bonds. The van der Waals surface area contributed by atoms with E-state index in [1.165, 1.54) is 0 Å². The Balaban J connectivity index is 2.51. The van der Waals surface area contributed by atoms with Crippen LogP contribution in [0.5, 0.6) is 0 Å². The number of alkyl halides is 13. The van der Waals surface area contributed by atoms with Gasteiger partial charge in [0.1, 0.15) is 0 Å². The zero-order chi connectivity index (χ0) is 26.4. The van der Waals surface area contributed by atoms with Gasteiger partial charge in [0.2, 0.25) is 0 Å². The van der Waals surface area contributed by atoms with Gasteiger partial charge < -0.3 is 4.90 Å². The normalized spacial score (nSPS) is 21.0. The maximum atomic E-state index is 14.7. The third-order valence-electron chi connectivity index (χ3n) is 6.43. The monoisotopic (exact) mass is 526 g/mol. The van der Waals surface area contributed by atoms with Crippen molar-refractivity contribution >= 4 is 5.84 Å². The number of rotatable bonds is 7. The fraction of sp³-hybridized carbons (Fsp3) is 0.947. The maximum Gasteiger partial charge on any atom is 0.460 e. The molecule has 0 aromatic rings. The number of halogens is 13. The van der Waals surface area contributed by atoms with Crippen molar-refractivity contribution in [1.82, 2.24) is 4.90 Å². The van der Waals surface area contributed by atoms with Crippen LogP contribution < -0.4 is 0 Å². The van der Waals surface area contributed by atoms with Crippen molar-refractivity contribution in [1.29, 1.82) is 5.41 Å². The van der Waals surface area contributed by atoms with Crippen molar-refractivity contribution in [3.05, 3.63) is 0 Å². The molecule has 0 unspecified atom stereocenters. The molecular formula is C19H23F13N2. The highest BCUT2D eigenvalue weighted by Gasteiger charge is 2.91. The molecule has 0 saturated heterocycles. The van der Waals surface area contributed by atoms with Crippen LogP contribution in [0, 0.1) is 5.41 Å². The average molecular weight is 526 g/mol. The summed E-state index contributed by atoms with van der Waals surface area (Å²) in [6.45, 7) is 0. The van der Waals surface area contributed by atoms with E-state index in [9.17, 15) is 57.1 Å². The van der Waals surface area contributed by atoms with E-state index in [4.69, 9.17) is 5.41 Å². The van der Waals surface area contributed by atoms with Gasteiger partial charge in [-0.3, -0.25) is 5.41 Å². The fourth-order valence-electron chi connectivity index (χ4n) is 4.46. The third-order valence-corrected chi connectivity index (χ3v) is 6.43. The molecule has 15 heteroatoms. The van der Waals surface area contributed by atoms with Crippen LogP contribution in [0.4, 0.5) is 57.1 Å². The van der Waals surface area contributed by atoms with Gasteiger partial charge in [0.05, 0.1) is 0 Å². The highest BCUT2D eigenvalue weighted by atomic mass is 19.4. The van der Waals surface area contributed by atoms with E-state index in [1.54, 1.807) is 0 Å². The summed E-state index contributed by atoms with van der Waals surface area (Å²) in [7, 11) is 0. The molecule has 200 valence electrons. The molecule has 2 aliphatic carbocycles. The van der Waals surface area contributed by atoms with Gasteiger partial charge in [-0.25, -0.2) is 0 Å². The van der Waals surface area contributed by atoms with E-state index >= 15 is 0 Å². The zero-order valence-electron chi connectivity index (χ0n) is 17.6. The van der Waals surface area contributed by atoms with E-state index < -0.39 is 53.7 Å². The first-order valence-corrected chi connectivity index (χ1v) is 10.6. The van der Waals surface area contributed by atoms with Crippen molar-refractivity contribution in [3.8, 4) is 0 Å². The van der Waals surface area contributed by atoms with Crippen LogP contribution in [0.1, 0.15) is 64.2 Å². The lowest BCUT2D eigenvalue weighted by Gasteiger charge is -2.47. The minimum absolute atomic E-state index is 0.0965. The minimum atomic E-state index is -7.95. The Hall–Kier alpha value is -1.44. The summed E-state index contributed by atoms with van der Waals surface area (Å²) in [5.74, 6) is -40.0. The molecule has 0 radical (unpaired) electrons. The highest BCUT2D eigenvalue weighted by molar-refractivity contribution is 5.88. The van der Waals surface area contributed by atoms with E-state index in [0.29, 0.717) is 43.4 Å². The second-order valence-electron chi connectivity index (χ2n) is 8.71. The second kappa shape index (κ2) is 9.21. The van der Waals surface area contributed by atoms with Crippen molar-refractivity contribution in [2.75, 3.05) is 0 Å². The third kappa shape index (κ3) is 4.44. The zero-order valence-corrected chi connectivity index (χ0v) is 17.6. The van der Waals surface area contributed by atoms with E-state index in [1.807, 2.05) is 0 Å². The van der Waals surface area contributed by atoms with Gasteiger partial charge in [0.15, 0.2) is 5.84 Å². The first kappa shape index (κ1) is 28.8. The highest BCUT2D eigenvalue weighted by Crippen LogP contribution is 2.60. The van der Waals surface area contributed by atoms with Gasteiger partial charge in [-0.05, 0) is 25.7 Å². The average Bonchev–Trinajstić information content (AvgIpc) is 2.74. The molecule has 2 saturated carbocycles. The molecule has 2 fully saturated rings.